The fraction of sp³-hybridized carbons (Fsp3) is 0.438. The second kappa shape index (κ2) is 6.09. The maximum atomic E-state index is 11.8. The minimum atomic E-state index is -0.279. The average Bonchev–Trinajstić information content (AvgIpc) is 2.44. The highest BCUT2D eigenvalue weighted by Gasteiger charge is 2.12. The van der Waals surface area contributed by atoms with E-state index in [0.29, 0.717) is 24.3 Å². The van der Waals surface area contributed by atoms with E-state index in [9.17, 15) is 4.79 Å². The standard InChI is InChI=1S/C16H21NO3/c1-10-11(2)16(18)20-15-12(3)14(7-6-13(10)15)19-9-5-4-8-17/h6-7H,4-5,8-9,17H2,1-3H3. The van der Waals surface area contributed by atoms with Gasteiger partial charge < -0.3 is 14.9 Å². The third-order valence-corrected chi connectivity index (χ3v) is 3.68. The number of rotatable bonds is 5. The van der Waals surface area contributed by atoms with Gasteiger partial charge >= 0.3 is 5.63 Å². The Morgan fingerprint density at radius 2 is 1.85 bits per heavy atom. The number of aryl methyl sites for hydroxylation is 2. The van der Waals surface area contributed by atoms with E-state index in [0.717, 1.165) is 35.1 Å². The Kier molecular flexibility index (Phi) is 4.45. The van der Waals surface area contributed by atoms with Gasteiger partial charge in [-0.1, -0.05) is 0 Å². The van der Waals surface area contributed by atoms with Gasteiger partial charge in [-0.25, -0.2) is 4.79 Å². The van der Waals surface area contributed by atoms with Crippen LogP contribution in [0.1, 0.15) is 29.5 Å². The van der Waals surface area contributed by atoms with Crippen LogP contribution in [-0.4, -0.2) is 13.2 Å². The molecule has 0 fully saturated rings. The van der Waals surface area contributed by atoms with Gasteiger partial charge in [-0.2, -0.15) is 0 Å². The molecule has 0 aliphatic carbocycles. The first kappa shape index (κ1) is 14.6. The van der Waals surface area contributed by atoms with Crippen LogP contribution in [0.5, 0.6) is 5.75 Å². The molecule has 0 bridgehead atoms. The minimum absolute atomic E-state index is 0.279. The van der Waals surface area contributed by atoms with E-state index in [1.807, 2.05) is 26.0 Å². The lowest BCUT2D eigenvalue weighted by atomic mass is 10.0. The van der Waals surface area contributed by atoms with Crippen molar-refractivity contribution < 1.29 is 9.15 Å². The van der Waals surface area contributed by atoms with Gasteiger partial charge in [-0.15, -0.1) is 0 Å². The molecule has 0 saturated heterocycles. The van der Waals surface area contributed by atoms with Crippen molar-refractivity contribution in [2.75, 3.05) is 13.2 Å². The van der Waals surface area contributed by atoms with Gasteiger partial charge in [-0.3, -0.25) is 0 Å². The monoisotopic (exact) mass is 275 g/mol. The van der Waals surface area contributed by atoms with Crippen molar-refractivity contribution in [2.24, 2.45) is 5.73 Å². The summed E-state index contributed by atoms with van der Waals surface area (Å²) in [6, 6.07) is 3.89. The maximum Gasteiger partial charge on any atom is 0.339 e. The molecular formula is C16H21NO3. The lowest BCUT2D eigenvalue weighted by Crippen LogP contribution is -2.07. The van der Waals surface area contributed by atoms with Gasteiger partial charge in [0.2, 0.25) is 0 Å². The van der Waals surface area contributed by atoms with Crippen molar-refractivity contribution in [1.82, 2.24) is 0 Å². The number of unbranched alkanes of at least 4 members (excludes halogenated alkanes) is 1. The summed E-state index contributed by atoms with van der Waals surface area (Å²) >= 11 is 0. The van der Waals surface area contributed by atoms with Gasteiger partial charge in [0.25, 0.3) is 0 Å². The highest BCUT2D eigenvalue weighted by molar-refractivity contribution is 5.85. The van der Waals surface area contributed by atoms with Crippen LogP contribution in [0.2, 0.25) is 0 Å². The molecule has 20 heavy (non-hydrogen) atoms. The number of benzene rings is 1. The SMILES string of the molecule is Cc1c(C)c2ccc(OCCCCN)c(C)c2oc1=O. The number of nitrogens with two attached hydrogens (primary N) is 1. The van der Waals surface area contributed by atoms with E-state index < -0.39 is 0 Å². The topological polar surface area (TPSA) is 65.5 Å². The van der Waals surface area contributed by atoms with Crippen LogP contribution >= 0.6 is 0 Å². The Balaban J connectivity index is 2.38. The fourth-order valence-corrected chi connectivity index (χ4v) is 2.21. The number of fused-ring (bicyclic) bond motifs is 1. The zero-order valence-electron chi connectivity index (χ0n) is 12.3. The minimum Gasteiger partial charge on any atom is -0.493 e. The molecule has 1 aromatic carbocycles. The number of hydrogen-bond donors (Lipinski definition) is 1. The molecule has 0 radical (unpaired) electrons. The van der Waals surface area contributed by atoms with Crippen LogP contribution in [0, 0.1) is 20.8 Å². The molecule has 0 spiro atoms. The molecule has 1 heterocycles. The van der Waals surface area contributed by atoms with Crippen LogP contribution in [0.3, 0.4) is 0 Å². The first-order chi connectivity index (χ1) is 9.56. The first-order valence-electron chi connectivity index (χ1n) is 6.92. The second-order valence-electron chi connectivity index (χ2n) is 5.05. The third-order valence-electron chi connectivity index (χ3n) is 3.68. The summed E-state index contributed by atoms with van der Waals surface area (Å²) in [7, 11) is 0. The van der Waals surface area contributed by atoms with Crippen molar-refractivity contribution in [2.45, 2.75) is 33.6 Å². The molecule has 0 unspecified atom stereocenters. The summed E-state index contributed by atoms with van der Waals surface area (Å²) in [5, 5.41) is 0.967. The van der Waals surface area contributed by atoms with E-state index >= 15 is 0 Å². The summed E-state index contributed by atoms with van der Waals surface area (Å²) in [5.74, 6) is 0.765. The normalized spacial score (nSPS) is 11.0. The first-order valence-corrected chi connectivity index (χ1v) is 6.92. The van der Waals surface area contributed by atoms with Crippen LogP contribution in [0.25, 0.3) is 11.0 Å². The van der Waals surface area contributed by atoms with E-state index in [-0.39, 0.29) is 5.63 Å². The smallest absolute Gasteiger partial charge is 0.339 e. The highest BCUT2D eigenvalue weighted by Crippen LogP contribution is 2.29. The van der Waals surface area contributed by atoms with E-state index in [1.165, 1.54) is 0 Å². The van der Waals surface area contributed by atoms with Crippen molar-refractivity contribution in [3.05, 3.63) is 39.2 Å². The molecule has 4 nitrogen and oxygen atoms in total. The lowest BCUT2D eigenvalue weighted by molar-refractivity contribution is 0.305. The summed E-state index contributed by atoms with van der Waals surface area (Å²) < 4.78 is 11.2. The Labute approximate surface area is 118 Å². The molecule has 0 aliphatic heterocycles. The fourth-order valence-electron chi connectivity index (χ4n) is 2.21. The Hall–Kier alpha value is -1.81. The molecule has 108 valence electrons. The largest absolute Gasteiger partial charge is 0.493 e. The maximum absolute atomic E-state index is 11.8. The molecular weight excluding hydrogens is 254 g/mol. The molecule has 2 N–H and O–H groups in total. The van der Waals surface area contributed by atoms with Crippen molar-refractivity contribution in [3.63, 3.8) is 0 Å². The van der Waals surface area contributed by atoms with Crippen LogP contribution in [0.15, 0.2) is 21.3 Å². The van der Waals surface area contributed by atoms with Crippen LogP contribution in [0.4, 0.5) is 0 Å². The molecule has 0 aliphatic rings. The van der Waals surface area contributed by atoms with Gasteiger partial charge in [0.1, 0.15) is 11.3 Å². The van der Waals surface area contributed by atoms with Gasteiger partial charge in [0, 0.05) is 16.5 Å². The second-order valence-corrected chi connectivity index (χ2v) is 5.05. The third kappa shape index (κ3) is 2.70. The zero-order valence-corrected chi connectivity index (χ0v) is 12.3. The quantitative estimate of drug-likeness (QED) is 0.673. The Morgan fingerprint density at radius 1 is 1.10 bits per heavy atom. The van der Waals surface area contributed by atoms with E-state index in [2.05, 4.69) is 0 Å². The molecule has 2 aromatic rings. The molecule has 1 aromatic heterocycles. The number of hydrogen-bond acceptors (Lipinski definition) is 4. The summed E-state index contributed by atoms with van der Waals surface area (Å²) in [6.07, 6.45) is 1.87. The average molecular weight is 275 g/mol. The molecule has 4 heteroatoms. The molecule has 2 rings (SSSR count). The summed E-state index contributed by atoms with van der Waals surface area (Å²) in [4.78, 5) is 11.8. The highest BCUT2D eigenvalue weighted by atomic mass is 16.5. The molecule has 0 amide bonds. The van der Waals surface area contributed by atoms with E-state index in [4.69, 9.17) is 14.9 Å². The van der Waals surface area contributed by atoms with Gasteiger partial charge in [0.15, 0.2) is 0 Å². The van der Waals surface area contributed by atoms with Crippen molar-refractivity contribution >= 4 is 11.0 Å². The van der Waals surface area contributed by atoms with E-state index in [1.54, 1.807) is 6.92 Å². The van der Waals surface area contributed by atoms with Gasteiger partial charge in [-0.05, 0) is 57.9 Å². The zero-order chi connectivity index (χ0) is 14.7. The van der Waals surface area contributed by atoms with Gasteiger partial charge in [0.05, 0.1) is 6.61 Å². The molecule has 0 atom stereocenters. The van der Waals surface area contributed by atoms with Crippen molar-refractivity contribution in [1.29, 1.82) is 0 Å². The van der Waals surface area contributed by atoms with Crippen LogP contribution < -0.4 is 16.1 Å². The van der Waals surface area contributed by atoms with Crippen LogP contribution in [-0.2, 0) is 0 Å². The Morgan fingerprint density at radius 3 is 2.55 bits per heavy atom. The predicted molar refractivity (Wildman–Crippen MR) is 80.5 cm³/mol. The van der Waals surface area contributed by atoms with Crippen molar-refractivity contribution in [3.8, 4) is 5.75 Å². The lowest BCUT2D eigenvalue weighted by Gasteiger charge is -2.12. The predicted octanol–water partition coefficient (Wildman–Crippen LogP) is 2.84. The molecule has 0 saturated carbocycles. The Bertz CT molecular complexity index is 673. The number of ether oxygens (including phenoxy) is 1. The summed E-state index contributed by atoms with van der Waals surface area (Å²) in [5.41, 5.74) is 8.29. The summed E-state index contributed by atoms with van der Waals surface area (Å²) in [6.45, 7) is 6.94.